The third-order valence-electron chi connectivity index (χ3n) is 2.87. The van der Waals surface area contributed by atoms with Crippen molar-refractivity contribution < 1.29 is 8.42 Å². The van der Waals surface area contributed by atoms with Crippen molar-refractivity contribution >= 4 is 15.7 Å². The van der Waals surface area contributed by atoms with Gasteiger partial charge in [-0.25, -0.2) is 13.1 Å². The summed E-state index contributed by atoms with van der Waals surface area (Å²) < 4.78 is 25.4. The van der Waals surface area contributed by atoms with Crippen molar-refractivity contribution in [1.29, 1.82) is 0 Å². The lowest BCUT2D eigenvalue weighted by atomic mass is 10.2. The summed E-state index contributed by atoms with van der Waals surface area (Å²) in [6.45, 7) is 0.745. The molecular weight excluding hydrogens is 274 g/mol. The summed E-state index contributed by atoms with van der Waals surface area (Å²) in [5.74, 6) is 0. The predicted molar refractivity (Wildman–Crippen MR) is 79.1 cm³/mol. The minimum absolute atomic E-state index is 0.260. The van der Waals surface area contributed by atoms with Gasteiger partial charge in [-0.15, -0.1) is 0 Å². The smallest absolute Gasteiger partial charge is 0.240 e. The summed E-state index contributed by atoms with van der Waals surface area (Å²) in [5, 5.41) is 3.23. The van der Waals surface area contributed by atoms with Gasteiger partial charge in [-0.1, -0.05) is 6.07 Å². The lowest BCUT2D eigenvalue weighted by molar-refractivity contribution is 0.588. The van der Waals surface area contributed by atoms with E-state index >= 15 is 0 Å². The number of hydrogen-bond donors (Lipinski definition) is 2. The molecule has 5 nitrogen and oxygen atoms in total. The monoisotopic (exact) mass is 291 g/mol. The first-order chi connectivity index (χ1) is 9.62. The van der Waals surface area contributed by atoms with Gasteiger partial charge in [0, 0.05) is 30.5 Å². The number of rotatable bonds is 6. The van der Waals surface area contributed by atoms with E-state index in [4.69, 9.17) is 0 Å². The second kappa shape index (κ2) is 6.49. The maximum absolute atomic E-state index is 11.6. The Kier molecular flexibility index (Phi) is 4.70. The van der Waals surface area contributed by atoms with Crippen LogP contribution < -0.4 is 10.0 Å². The second-order valence-corrected chi connectivity index (χ2v) is 6.12. The molecule has 2 rings (SSSR count). The molecule has 20 heavy (non-hydrogen) atoms. The molecule has 0 saturated heterocycles. The molecule has 0 bridgehead atoms. The number of sulfonamides is 1. The Morgan fingerprint density at radius 2 is 1.85 bits per heavy atom. The summed E-state index contributed by atoms with van der Waals surface area (Å²) in [6, 6.07) is 12.5. The van der Waals surface area contributed by atoms with Crippen molar-refractivity contribution in [2.45, 2.75) is 11.3 Å². The van der Waals surface area contributed by atoms with E-state index in [2.05, 4.69) is 15.0 Å². The molecule has 0 aliphatic heterocycles. The Morgan fingerprint density at radius 1 is 1.10 bits per heavy atom. The average Bonchev–Trinajstić information content (AvgIpc) is 2.49. The van der Waals surface area contributed by atoms with E-state index < -0.39 is 10.0 Å². The highest BCUT2D eigenvalue weighted by atomic mass is 32.2. The highest BCUT2D eigenvalue weighted by Gasteiger charge is 2.09. The van der Waals surface area contributed by atoms with E-state index in [1.807, 2.05) is 18.2 Å². The second-order valence-electron chi connectivity index (χ2n) is 4.23. The quantitative estimate of drug-likeness (QED) is 0.849. The fourth-order valence-corrected chi connectivity index (χ4v) is 2.48. The maximum atomic E-state index is 11.6. The first kappa shape index (κ1) is 14.5. The summed E-state index contributed by atoms with van der Waals surface area (Å²) in [4.78, 5) is 4.50. The normalized spacial score (nSPS) is 11.2. The molecule has 106 valence electrons. The van der Waals surface area contributed by atoms with Crippen LogP contribution in [0.3, 0.4) is 0 Å². The van der Waals surface area contributed by atoms with Gasteiger partial charge in [0.1, 0.15) is 0 Å². The van der Waals surface area contributed by atoms with E-state index in [1.54, 1.807) is 30.5 Å². The van der Waals surface area contributed by atoms with Crippen molar-refractivity contribution in [3.63, 3.8) is 0 Å². The van der Waals surface area contributed by atoms with Crippen LogP contribution in [0.5, 0.6) is 0 Å². The van der Waals surface area contributed by atoms with E-state index in [9.17, 15) is 8.42 Å². The molecule has 0 radical (unpaired) electrons. The predicted octanol–water partition coefficient (Wildman–Crippen LogP) is 1.64. The molecule has 0 spiro atoms. The maximum Gasteiger partial charge on any atom is 0.240 e. The summed E-state index contributed by atoms with van der Waals surface area (Å²) in [7, 11) is -1.97. The van der Waals surface area contributed by atoms with Gasteiger partial charge in [-0.05, 0) is 43.4 Å². The molecule has 0 amide bonds. The lowest BCUT2D eigenvalue weighted by Crippen LogP contribution is -2.18. The zero-order valence-corrected chi connectivity index (χ0v) is 12.0. The molecule has 0 aliphatic carbocycles. The van der Waals surface area contributed by atoms with Gasteiger partial charge in [0.25, 0.3) is 0 Å². The molecule has 1 aromatic carbocycles. The van der Waals surface area contributed by atoms with Crippen LogP contribution in [0.15, 0.2) is 53.6 Å². The van der Waals surface area contributed by atoms with Gasteiger partial charge in [-0.3, -0.25) is 4.98 Å². The van der Waals surface area contributed by atoms with Crippen LogP contribution in [0, 0.1) is 0 Å². The van der Waals surface area contributed by atoms with E-state index in [-0.39, 0.29) is 4.90 Å². The Labute approximate surface area is 119 Å². The molecule has 6 heteroatoms. The van der Waals surface area contributed by atoms with Gasteiger partial charge in [-0.2, -0.15) is 0 Å². The molecule has 2 N–H and O–H groups in total. The molecule has 1 aromatic heterocycles. The number of benzene rings is 1. The largest absolute Gasteiger partial charge is 0.385 e. The molecule has 1 heterocycles. The number of nitrogens with one attached hydrogen (secondary N) is 2. The fourth-order valence-electron chi connectivity index (χ4n) is 1.75. The topological polar surface area (TPSA) is 71.1 Å². The Bertz CT molecular complexity index is 640. The van der Waals surface area contributed by atoms with Crippen LogP contribution in [0.25, 0.3) is 0 Å². The Balaban J connectivity index is 1.92. The van der Waals surface area contributed by atoms with Gasteiger partial charge < -0.3 is 5.32 Å². The summed E-state index contributed by atoms with van der Waals surface area (Å²) in [5.41, 5.74) is 1.91. The zero-order valence-electron chi connectivity index (χ0n) is 11.2. The van der Waals surface area contributed by atoms with Crippen molar-refractivity contribution in [2.24, 2.45) is 0 Å². The third-order valence-corrected chi connectivity index (χ3v) is 4.30. The van der Waals surface area contributed by atoms with Crippen LogP contribution in [-0.2, 0) is 16.4 Å². The van der Waals surface area contributed by atoms with Crippen LogP contribution in [0.4, 0.5) is 5.69 Å². The minimum Gasteiger partial charge on any atom is -0.385 e. The SMILES string of the molecule is CNS(=O)(=O)c1ccc(NCCc2ccccn2)cc1. The van der Waals surface area contributed by atoms with Crippen molar-refractivity contribution in [2.75, 3.05) is 18.9 Å². The number of nitrogens with zero attached hydrogens (tertiary/aromatic N) is 1. The summed E-state index contributed by atoms with van der Waals surface area (Å²) in [6.07, 6.45) is 2.59. The van der Waals surface area contributed by atoms with E-state index in [1.165, 1.54) is 7.05 Å². The Morgan fingerprint density at radius 3 is 2.45 bits per heavy atom. The average molecular weight is 291 g/mol. The van der Waals surface area contributed by atoms with E-state index in [0.29, 0.717) is 0 Å². The van der Waals surface area contributed by atoms with Crippen LogP contribution in [0.2, 0.25) is 0 Å². The third kappa shape index (κ3) is 3.79. The Hall–Kier alpha value is -1.92. The first-order valence-corrected chi connectivity index (χ1v) is 7.77. The van der Waals surface area contributed by atoms with Crippen molar-refractivity contribution in [3.8, 4) is 0 Å². The highest BCUT2D eigenvalue weighted by molar-refractivity contribution is 7.89. The van der Waals surface area contributed by atoms with Crippen molar-refractivity contribution in [1.82, 2.24) is 9.71 Å². The first-order valence-electron chi connectivity index (χ1n) is 6.29. The number of pyridine rings is 1. The van der Waals surface area contributed by atoms with Crippen molar-refractivity contribution in [3.05, 3.63) is 54.4 Å². The number of hydrogen-bond acceptors (Lipinski definition) is 4. The number of aromatic nitrogens is 1. The van der Waals surface area contributed by atoms with E-state index in [0.717, 1.165) is 24.3 Å². The van der Waals surface area contributed by atoms with Gasteiger partial charge in [0.15, 0.2) is 0 Å². The van der Waals surface area contributed by atoms with Crippen LogP contribution in [-0.4, -0.2) is 27.0 Å². The molecule has 0 aliphatic rings. The molecule has 0 atom stereocenters. The van der Waals surface area contributed by atoms with Gasteiger partial charge in [0.05, 0.1) is 4.90 Å². The molecule has 2 aromatic rings. The van der Waals surface area contributed by atoms with Crippen LogP contribution >= 0.6 is 0 Å². The standard InChI is InChI=1S/C14H17N3O2S/c1-15-20(18,19)14-7-5-13(6-8-14)17-11-9-12-4-2-3-10-16-12/h2-8,10,15,17H,9,11H2,1H3. The zero-order chi connectivity index (χ0) is 14.4. The lowest BCUT2D eigenvalue weighted by Gasteiger charge is -2.07. The van der Waals surface area contributed by atoms with Gasteiger partial charge in [0.2, 0.25) is 10.0 Å². The molecular formula is C14H17N3O2S. The van der Waals surface area contributed by atoms with Crippen LogP contribution in [0.1, 0.15) is 5.69 Å². The fraction of sp³-hybridized carbons (Fsp3) is 0.214. The highest BCUT2D eigenvalue weighted by Crippen LogP contribution is 2.13. The summed E-state index contributed by atoms with van der Waals surface area (Å²) >= 11 is 0. The minimum atomic E-state index is -3.37. The van der Waals surface area contributed by atoms with Gasteiger partial charge >= 0.3 is 0 Å². The number of anilines is 1. The molecule has 0 fully saturated rings. The molecule has 0 unspecified atom stereocenters. The molecule has 0 saturated carbocycles.